The third-order valence-corrected chi connectivity index (χ3v) is 7.56. The predicted molar refractivity (Wildman–Crippen MR) is 103 cm³/mol. The summed E-state index contributed by atoms with van der Waals surface area (Å²) < 4.78 is 29.1. The average molecular weight is 410 g/mol. The molecule has 6 nitrogen and oxygen atoms in total. The fourth-order valence-corrected chi connectivity index (χ4v) is 5.99. The van der Waals surface area contributed by atoms with Gasteiger partial charge in [-0.1, -0.05) is 23.7 Å². The highest BCUT2D eigenvalue weighted by molar-refractivity contribution is 7.91. The quantitative estimate of drug-likeness (QED) is 0.824. The number of furan rings is 1. The first kappa shape index (κ1) is 18.5. The van der Waals surface area contributed by atoms with Crippen LogP contribution < -0.4 is 4.90 Å². The molecule has 8 heteroatoms. The van der Waals surface area contributed by atoms with E-state index in [9.17, 15) is 13.2 Å². The van der Waals surface area contributed by atoms with Gasteiger partial charge in [0.2, 0.25) is 0 Å². The molecule has 0 bridgehead atoms. The molecular formula is C19H22ClN2O4S+. The largest absolute Gasteiger partial charge is 0.451 e. The van der Waals surface area contributed by atoms with E-state index in [-0.39, 0.29) is 17.7 Å². The first-order chi connectivity index (χ1) is 12.9. The Balaban J connectivity index is 1.40. The van der Waals surface area contributed by atoms with E-state index in [1.54, 1.807) is 23.1 Å². The molecule has 0 unspecified atom stereocenters. The van der Waals surface area contributed by atoms with Crippen molar-refractivity contribution in [2.75, 3.05) is 37.7 Å². The molecule has 144 valence electrons. The molecule has 0 saturated carbocycles. The Kier molecular flexibility index (Phi) is 5.01. The minimum absolute atomic E-state index is 0.133. The normalized spacial score (nSPS) is 22.9. The number of hydrogen-bond acceptors (Lipinski definition) is 4. The fraction of sp³-hybridized carbons (Fsp3) is 0.421. The number of amides is 1. The van der Waals surface area contributed by atoms with Crippen LogP contribution in [0.3, 0.4) is 0 Å². The molecule has 2 aliphatic rings. The number of sulfone groups is 1. The van der Waals surface area contributed by atoms with Crippen molar-refractivity contribution in [3.8, 4) is 11.3 Å². The maximum atomic E-state index is 12.8. The third-order valence-electron chi connectivity index (χ3n) is 5.46. The van der Waals surface area contributed by atoms with E-state index in [1.165, 1.54) is 4.90 Å². The van der Waals surface area contributed by atoms with Crippen LogP contribution in [0.5, 0.6) is 0 Å². The highest BCUT2D eigenvalue weighted by atomic mass is 35.5. The molecule has 4 rings (SSSR count). The molecular weight excluding hydrogens is 388 g/mol. The second kappa shape index (κ2) is 7.30. The van der Waals surface area contributed by atoms with Gasteiger partial charge in [-0.2, -0.15) is 0 Å². The minimum atomic E-state index is -2.87. The summed E-state index contributed by atoms with van der Waals surface area (Å²) >= 11 is 6.19. The highest BCUT2D eigenvalue weighted by Gasteiger charge is 2.37. The van der Waals surface area contributed by atoms with E-state index in [1.807, 2.05) is 18.2 Å². The number of carbonyl (C=O) groups excluding carboxylic acids is 1. The van der Waals surface area contributed by atoms with Gasteiger partial charge in [-0.05, 0) is 24.3 Å². The maximum absolute atomic E-state index is 12.8. The van der Waals surface area contributed by atoms with Crippen molar-refractivity contribution in [3.05, 3.63) is 47.2 Å². The third kappa shape index (κ3) is 3.90. The van der Waals surface area contributed by atoms with E-state index in [2.05, 4.69) is 0 Å². The van der Waals surface area contributed by atoms with Crippen LogP contribution in [0.4, 0.5) is 0 Å². The van der Waals surface area contributed by atoms with Crippen molar-refractivity contribution >= 4 is 27.3 Å². The van der Waals surface area contributed by atoms with E-state index < -0.39 is 9.84 Å². The molecule has 2 saturated heterocycles. The molecule has 3 heterocycles. The Morgan fingerprint density at radius 2 is 1.89 bits per heavy atom. The summed E-state index contributed by atoms with van der Waals surface area (Å²) in [7, 11) is -2.87. The highest BCUT2D eigenvalue weighted by Crippen LogP contribution is 2.29. The Morgan fingerprint density at radius 3 is 2.56 bits per heavy atom. The summed E-state index contributed by atoms with van der Waals surface area (Å²) in [6.07, 6.45) is 0.727. The number of piperazine rings is 1. The summed E-state index contributed by atoms with van der Waals surface area (Å²) in [5.74, 6) is 1.31. The predicted octanol–water partition coefficient (Wildman–Crippen LogP) is 1.13. The zero-order valence-electron chi connectivity index (χ0n) is 14.9. The number of nitrogens with zero attached hydrogens (tertiary/aromatic N) is 1. The van der Waals surface area contributed by atoms with Crippen molar-refractivity contribution in [3.63, 3.8) is 0 Å². The second-order valence-electron chi connectivity index (χ2n) is 7.19. The molecule has 1 atom stereocenters. The Labute approximate surface area is 163 Å². The smallest absolute Gasteiger partial charge is 0.289 e. The van der Waals surface area contributed by atoms with Gasteiger partial charge in [0, 0.05) is 12.0 Å². The first-order valence-corrected chi connectivity index (χ1v) is 11.3. The van der Waals surface area contributed by atoms with Crippen molar-refractivity contribution in [1.82, 2.24) is 4.90 Å². The van der Waals surface area contributed by atoms with Gasteiger partial charge in [0.15, 0.2) is 15.6 Å². The number of quaternary nitrogens is 1. The second-order valence-corrected chi connectivity index (χ2v) is 9.83. The molecule has 1 amide bonds. The molecule has 0 spiro atoms. The average Bonchev–Trinajstić information content (AvgIpc) is 3.28. The van der Waals surface area contributed by atoms with Gasteiger partial charge in [0.05, 0.1) is 37.0 Å². The van der Waals surface area contributed by atoms with Gasteiger partial charge in [0.25, 0.3) is 5.91 Å². The van der Waals surface area contributed by atoms with Crippen LogP contribution in [-0.2, 0) is 9.84 Å². The lowest BCUT2D eigenvalue weighted by atomic mass is 10.2. The summed E-state index contributed by atoms with van der Waals surface area (Å²) in [6, 6.07) is 11.0. The lowest BCUT2D eigenvalue weighted by Crippen LogP contribution is -3.18. The zero-order chi connectivity index (χ0) is 19.0. The van der Waals surface area contributed by atoms with Crippen LogP contribution in [0.25, 0.3) is 11.3 Å². The van der Waals surface area contributed by atoms with Crippen LogP contribution in [-0.4, -0.2) is 63.0 Å². The topological polar surface area (TPSA) is 72.0 Å². The molecule has 2 aliphatic heterocycles. The Morgan fingerprint density at radius 1 is 1.15 bits per heavy atom. The van der Waals surface area contributed by atoms with Gasteiger partial charge in [-0.15, -0.1) is 0 Å². The standard InChI is InChI=1S/C19H21ClN2O4S/c20-16-4-2-1-3-15(16)17-5-6-18(26-17)19(23)22-10-8-21(9-11-22)14-7-12-27(24,25)13-14/h1-6,14H,7-13H2/p+1/t14-/m1/s1. The van der Waals surface area contributed by atoms with E-state index in [0.29, 0.717) is 35.4 Å². The van der Waals surface area contributed by atoms with Crippen LogP contribution in [0.2, 0.25) is 5.02 Å². The molecule has 27 heavy (non-hydrogen) atoms. The van der Waals surface area contributed by atoms with E-state index >= 15 is 0 Å². The summed E-state index contributed by atoms with van der Waals surface area (Å²) in [4.78, 5) is 15.8. The zero-order valence-corrected chi connectivity index (χ0v) is 16.4. The van der Waals surface area contributed by atoms with Crippen LogP contribution in [0, 0.1) is 0 Å². The van der Waals surface area contributed by atoms with Crippen LogP contribution in [0.15, 0.2) is 40.8 Å². The maximum Gasteiger partial charge on any atom is 0.289 e. The summed E-state index contributed by atoms with van der Waals surface area (Å²) in [6.45, 7) is 2.74. The van der Waals surface area contributed by atoms with Gasteiger partial charge < -0.3 is 14.2 Å². The SMILES string of the molecule is O=C(c1ccc(-c2ccccc2Cl)o1)N1CC[NH+]([C@@H]2CCS(=O)(=O)C2)CC1. The summed E-state index contributed by atoms with van der Waals surface area (Å²) in [5, 5.41) is 0.578. The number of rotatable bonds is 3. The molecule has 0 aliphatic carbocycles. The van der Waals surface area contributed by atoms with Crippen LogP contribution in [0.1, 0.15) is 17.0 Å². The van der Waals surface area contributed by atoms with Gasteiger partial charge in [0.1, 0.15) is 17.6 Å². The Bertz CT molecular complexity index is 948. The molecule has 2 fully saturated rings. The van der Waals surface area contributed by atoms with Crippen molar-refractivity contribution < 1.29 is 22.5 Å². The van der Waals surface area contributed by atoms with Crippen molar-refractivity contribution in [2.24, 2.45) is 0 Å². The number of halogens is 1. The fourth-order valence-electron chi connectivity index (χ4n) is 3.94. The molecule has 2 aromatic rings. The molecule has 1 N–H and O–H groups in total. The van der Waals surface area contributed by atoms with Gasteiger partial charge >= 0.3 is 0 Å². The number of benzene rings is 1. The number of carbonyl (C=O) groups is 1. The van der Waals surface area contributed by atoms with Crippen molar-refractivity contribution in [2.45, 2.75) is 12.5 Å². The lowest BCUT2D eigenvalue weighted by molar-refractivity contribution is -0.925. The first-order valence-electron chi connectivity index (χ1n) is 9.12. The molecule has 0 radical (unpaired) electrons. The number of nitrogens with one attached hydrogen (secondary N) is 1. The summed E-state index contributed by atoms with van der Waals surface area (Å²) in [5.41, 5.74) is 0.759. The van der Waals surface area contributed by atoms with Crippen molar-refractivity contribution in [1.29, 1.82) is 0 Å². The van der Waals surface area contributed by atoms with Gasteiger partial charge in [-0.25, -0.2) is 8.42 Å². The minimum Gasteiger partial charge on any atom is -0.451 e. The van der Waals surface area contributed by atoms with E-state index in [0.717, 1.165) is 25.1 Å². The number of hydrogen-bond donors (Lipinski definition) is 1. The monoisotopic (exact) mass is 409 g/mol. The molecule has 1 aromatic carbocycles. The molecule has 1 aromatic heterocycles. The van der Waals surface area contributed by atoms with E-state index in [4.69, 9.17) is 16.0 Å². The van der Waals surface area contributed by atoms with Crippen LogP contribution >= 0.6 is 11.6 Å². The Hall–Kier alpha value is -1.83. The van der Waals surface area contributed by atoms with Gasteiger partial charge in [-0.3, -0.25) is 4.79 Å². The lowest BCUT2D eigenvalue weighted by Gasteiger charge is -2.34.